The maximum Gasteiger partial charge on any atom is 0.255 e. The third kappa shape index (κ3) is 3.15. The van der Waals surface area contributed by atoms with Crippen LogP contribution in [0.2, 0.25) is 5.02 Å². The first kappa shape index (κ1) is 14.3. The fourth-order valence-corrected chi connectivity index (χ4v) is 2.05. The van der Waals surface area contributed by atoms with E-state index < -0.39 is 0 Å². The van der Waals surface area contributed by atoms with E-state index in [2.05, 4.69) is 15.5 Å². The molecule has 0 atom stereocenters. The molecule has 110 valence electrons. The molecule has 2 aromatic carbocycles. The molecule has 5 nitrogen and oxygen atoms in total. The van der Waals surface area contributed by atoms with Gasteiger partial charge in [0.2, 0.25) is 11.7 Å². The molecule has 0 aliphatic heterocycles. The van der Waals surface area contributed by atoms with Crippen molar-refractivity contribution in [2.45, 2.75) is 6.92 Å². The number of amides is 1. The van der Waals surface area contributed by atoms with E-state index in [4.69, 9.17) is 16.1 Å². The van der Waals surface area contributed by atoms with Crippen LogP contribution in [-0.4, -0.2) is 16.0 Å². The molecule has 0 unspecified atom stereocenters. The van der Waals surface area contributed by atoms with Gasteiger partial charge in [-0.2, -0.15) is 4.98 Å². The summed E-state index contributed by atoms with van der Waals surface area (Å²) in [5.74, 6) is 0.836. The molecule has 0 spiro atoms. The molecule has 3 aromatic rings. The Balaban J connectivity index is 1.73. The Kier molecular flexibility index (Phi) is 3.89. The monoisotopic (exact) mass is 313 g/mol. The molecule has 0 bridgehead atoms. The highest BCUT2D eigenvalue weighted by Crippen LogP contribution is 2.19. The first-order chi connectivity index (χ1) is 10.6. The van der Waals surface area contributed by atoms with E-state index in [-0.39, 0.29) is 5.91 Å². The van der Waals surface area contributed by atoms with Crippen LogP contribution in [0.3, 0.4) is 0 Å². The van der Waals surface area contributed by atoms with Gasteiger partial charge < -0.3 is 9.84 Å². The van der Waals surface area contributed by atoms with Gasteiger partial charge in [-0.15, -0.1) is 0 Å². The van der Waals surface area contributed by atoms with Gasteiger partial charge in [-0.1, -0.05) is 16.8 Å². The quantitative estimate of drug-likeness (QED) is 0.795. The van der Waals surface area contributed by atoms with Crippen molar-refractivity contribution in [3.05, 3.63) is 65.0 Å². The van der Waals surface area contributed by atoms with Gasteiger partial charge in [-0.3, -0.25) is 4.79 Å². The molecule has 3 rings (SSSR count). The SMILES string of the molecule is Cc1nc(-c2ccc(NC(=O)c3ccc(Cl)cc3)cc2)no1. The number of halogens is 1. The van der Waals surface area contributed by atoms with Crippen molar-refractivity contribution in [1.29, 1.82) is 0 Å². The van der Waals surface area contributed by atoms with Crippen molar-refractivity contribution < 1.29 is 9.32 Å². The molecule has 1 heterocycles. The average molecular weight is 314 g/mol. The topological polar surface area (TPSA) is 68.0 Å². The van der Waals surface area contributed by atoms with Crippen molar-refractivity contribution in [3.63, 3.8) is 0 Å². The second kappa shape index (κ2) is 5.99. The zero-order valence-corrected chi connectivity index (χ0v) is 12.5. The smallest absolute Gasteiger partial charge is 0.255 e. The normalized spacial score (nSPS) is 10.5. The van der Waals surface area contributed by atoms with Gasteiger partial charge in [0.05, 0.1) is 0 Å². The summed E-state index contributed by atoms with van der Waals surface area (Å²) >= 11 is 5.80. The van der Waals surface area contributed by atoms with E-state index in [0.717, 1.165) is 5.56 Å². The summed E-state index contributed by atoms with van der Waals surface area (Å²) in [7, 11) is 0. The zero-order valence-electron chi connectivity index (χ0n) is 11.7. The van der Waals surface area contributed by atoms with Gasteiger partial charge in [0.15, 0.2) is 0 Å². The lowest BCUT2D eigenvalue weighted by molar-refractivity contribution is 0.102. The van der Waals surface area contributed by atoms with Crippen LogP contribution in [0.5, 0.6) is 0 Å². The number of carbonyl (C=O) groups excluding carboxylic acids is 1. The molecule has 0 aliphatic rings. The lowest BCUT2D eigenvalue weighted by Crippen LogP contribution is -2.11. The number of hydrogen-bond acceptors (Lipinski definition) is 4. The van der Waals surface area contributed by atoms with Crippen LogP contribution in [0.15, 0.2) is 53.1 Å². The van der Waals surface area contributed by atoms with Crippen molar-refractivity contribution in [2.24, 2.45) is 0 Å². The second-order valence-corrected chi connectivity index (χ2v) is 5.11. The van der Waals surface area contributed by atoms with Crippen LogP contribution in [0.4, 0.5) is 5.69 Å². The van der Waals surface area contributed by atoms with Gasteiger partial charge in [-0.05, 0) is 48.5 Å². The summed E-state index contributed by atoms with van der Waals surface area (Å²) in [6.07, 6.45) is 0. The number of aryl methyl sites for hydroxylation is 1. The Morgan fingerprint density at radius 1 is 1.09 bits per heavy atom. The maximum atomic E-state index is 12.1. The maximum absolute atomic E-state index is 12.1. The predicted molar refractivity (Wildman–Crippen MR) is 83.9 cm³/mol. The highest BCUT2D eigenvalue weighted by atomic mass is 35.5. The Morgan fingerprint density at radius 2 is 1.77 bits per heavy atom. The Bertz CT molecular complexity index is 795. The Labute approximate surface area is 131 Å². The highest BCUT2D eigenvalue weighted by Gasteiger charge is 2.08. The van der Waals surface area contributed by atoms with Crippen LogP contribution in [0, 0.1) is 6.92 Å². The van der Waals surface area contributed by atoms with Crippen LogP contribution < -0.4 is 5.32 Å². The van der Waals surface area contributed by atoms with Crippen LogP contribution in [0.25, 0.3) is 11.4 Å². The number of nitrogens with one attached hydrogen (secondary N) is 1. The summed E-state index contributed by atoms with van der Waals surface area (Å²) < 4.78 is 4.94. The molecule has 0 aliphatic carbocycles. The molecule has 0 saturated heterocycles. The lowest BCUT2D eigenvalue weighted by atomic mass is 10.1. The number of hydrogen-bond donors (Lipinski definition) is 1. The number of benzene rings is 2. The van der Waals surface area contributed by atoms with E-state index >= 15 is 0 Å². The summed E-state index contributed by atoms with van der Waals surface area (Å²) in [6.45, 7) is 1.73. The molecule has 0 radical (unpaired) electrons. The molecule has 6 heteroatoms. The minimum atomic E-state index is -0.195. The molecule has 22 heavy (non-hydrogen) atoms. The standard InChI is InChI=1S/C16H12ClN3O2/c1-10-18-15(20-22-10)11-4-8-14(9-5-11)19-16(21)12-2-6-13(17)7-3-12/h2-9H,1H3,(H,19,21). The number of rotatable bonds is 3. The number of nitrogens with zero attached hydrogens (tertiary/aromatic N) is 2. The predicted octanol–water partition coefficient (Wildman–Crippen LogP) is 3.95. The van der Waals surface area contributed by atoms with E-state index in [1.54, 1.807) is 43.3 Å². The van der Waals surface area contributed by atoms with Crippen LogP contribution in [0.1, 0.15) is 16.2 Å². The molecule has 0 fully saturated rings. The summed E-state index contributed by atoms with van der Waals surface area (Å²) in [5.41, 5.74) is 2.05. The van der Waals surface area contributed by atoms with E-state index in [0.29, 0.717) is 28.0 Å². The van der Waals surface area contributed by atoms with E-state index in [9.17, 15) is 4.79 Å². The fourth-order valence-electron chi connectivity index (χ4n) is 1.92. The number of aromatic nitrogens is 2. The third-order valence-electron chi connectivity index (χ3n) is 3.03. The minimum Gasteiger partial charge on any atom is -0.339 e. The van der Waals surface area contributed by atoms with Gasteiger partial charge in [0.1, 0.15) is 0 Å². The average Bonchev–Trinajstić information content (AvgIpc) is 2.95. The van der Waals surface area contributed by atoms with Crippen molar-refractivity contribution in [2.75, 3.05) is 5.32 Å². The molecule has 1 amide bonds. The molecule has 1 N–H and O–H groups in total. The Hall–Kier alpha value is -2.66. The molecule has 1 aromatic heterocycles. The van der Waals surface area contributed by atoms with Gasteiger partial charge in [0.25, 0.3) is 5.91 Å². The molecular formula is C16H12ClN3O2. The second-order valence-electron chi connectivity index (χ2n) is 4.68. The highest BCUT2D eigenvalue weighted by molar-refractivity contribution is 6.30. The summed E-state index contributed by atoms with van der Waals surface area (Å²) in [5, 5.41) is 7.26. The number of anilines is 1. The third-order valence-corrected chi connectivity index (χ3v) is 3.29. The zero-order chi connectivity index (χ0) is 15.5. The first-order valence-electron chi connectivity index (χ1n) is 6.59. The first-order valence-corrected chi connectivity index (χ1v) is 6.97. The Morgan fingerprint density at radius 3 is 2.36 bits per heavy atom. The summed E-state index contributed by atoms with van der Waals surface area (Å²) in [6, 6.07) is 13.9. The molecule has 0 saturated carbocycles. The van der Waals surface area contributed by atoms with Crippen molar-refractivity contribution in [3.8, 4) is 11.4 Å². The van der Waals surface area contributed by atoms with Crippen molar-refractivity contribution >= 4 is 23.2 Å². The van der Waals surface area contributed by atoms with Crippen LogP contribution >= 0.6 is 11.6 Å². The minimum absolute atomic E-state index is 0.195. The fraction of sp³-hybridized carbons (Fsp3) is 0.0625. The largest absolute Gasteiger partial charge is 0.339 e. The van der Waals surface area contributed by atoms with Gasteiger partial charge in [-0.25, -0.2) is 0 Å². The van der Waals surface area contributed by atoms with Gasteiger partial charge >= 0.3 is 0 Å². The lowest BCUT2D eigenvalue weighted by Gasteiger charge is -2.05. The van der Waals surface area contributed by atoms with E-state index in [1.807, 2.05) is 12.1 Å². The van der Waals surface area contributed by atoms with Crippen molar-refractivity contribution in [1.82, 2.24) is 10.1 Å². The van der Waals surface area contributed by atoms with Gasteiger partial charge in [0, 0.05) is 28.8 Å². The number of carbonyl (C=O) groups is 1. The summed E-state index contributed by atoms with van der Waals surface area (Å²) in [4.78, 5) is 16.2. The molecular weight excluding hydrogens is 302 g/mol. The van der Waals surface area contributed by atoms with E-state index in [1.165, 1.54) is 0 Å². The van der Waals surface area contributed by atoms with Crippen LogP contribution in [-0.2, 0) is 0 Å².